The first kappa shape index (κ1) is 27.4. The molecule has 36 heavy (non-hydrogen) atoms. The number of aliphatic hydroxyl groups is 2. The third-order valence-electron chi connectivity index (χ3n) is 5.60. The van der Waals surface area contributed by atoms with E-state index in [-0.39, 0.29) is 17.5 Å². The van der Waals surface area contributed by atoms with Crippen LogP contribution in [0.3, 0.4) is 0 Å². The number of hydrogen-bond acceptors (Lipinski definition) is 4. The molecule has 0 aliphatic rings. The van der Waals surface area contributed by atoms with Gasteiger partial charge in [0.25, 0.3) is 11.2 Å². The Kier molecular flexibility index (Phi) is 5.85. The minimum atomic E-state index is -6.33. The van der Waals surface area contributed by atoms with Crippen molar-refractivity contribution in [3.63, 3.8) is 0 Å². The third-order valence-corrected chi connectivity index (χ3v) is 5.60. The Bertz CT molecular complexity index is 1310. The average molecular weight is 540 g/mol. The molecule has 0 bridgehead atoms. The first-order valence-corrected chi connectivity index (χ1v) is 9.26. The van der Waals surface area contributed by atoms with Gasteiger partial charge in [-0.2, -0.15) is 52.7 Å². The van der Waals surface area contributed by atoms with Crippen molar-refractivity contribution in [2.24, 2.45) is 0 Å². The normalized spacial score (nSPS) is 14.6. The van der Waals surface area contributed by atoms with E-state index in [0.717, 1.165) is 12.1 Å². The van der Waals surface area contributed by atoms with Crippen molar-refractivity contribution in [3.8, 4) is 0 Å². The van der Waals surface area contributed by atoms with Gasteiger partial charge in [-0.15, -0.1) is 0 Å². The molecule has 0 saturated carbocycles. The van der Waals surface area contributed by atoms with Crippen molar-refractivity contribution in [3.05, 3.63) is 47.5 Å². The van der Waals surface area contributed by atoms with Gasteiger partial charge in [-0.05, 0) is 45.8 Å². The van der Waals surface area contributed by atoms with E-state index in [1.165, 1.54) is 0 Å². The Morgan fingerprint density at radius 2 is 0.778 bits per heavy atom. The van der Waals surface area contributed by atoms with Crippen LogP contribution < -0.4 is 11.5 Å². The lowest BCUT2D eigenvalue weighted by atomic mass is 9.85. The minimum Gasteiger partial charge on any atom is -0.398 e. The highest BCUT2D eigenvalue weighted by Crippen LogP contribution is 2.54. The molecule has 16 heteroatoms. The molecule has 0 unspecified atom stereocenters. The predicted octanol–water partition coefficient (Wildman–Crippen LogP) is 5.78. The summed E-state index contributed by atoms with van der Waals surface area (Å²) < 4.78 is 160. The number of nitrogens with two attached hydrogens (primary N) is 2. The molecule has 0 radical (unpaired) electrons. The summed E-state index contributed by atoms with van der Waals surface area (Å²) in [5.41, 5.74) is -6.46. The van der Waals surface area contributed by atoms with Crippen molar-refractivity contribution < 1.29 is 62.9 Å². The zero-order valence-corrected chi connectivity index (χ0v) is 17.0. The maximum Gasteiger partial charge on any atom is 0.430 e. The van der Waals surface area contributed by atoms with Crippen molar-refractivity contribution in [2.75, 3.05) is 11.5 Å². The minimum absolute atomic E-state index is 0.154. The van der Waals surface area contributed by atoms with Crippen LogP contribution in [0.1, 0.15) is 11.1 Å². The molecule has 0 heterocycles. The van der Waals surface area contributed by atoms with Gasteiger partial charge >= 0.3 is 24.7 Å². The van der Waals surface area contributed by atoms with Crippen LogP contribution in [-0.4, -0.2) is 34.9 Å². The van der Waals surface area contributed by atoms with Crippen molar-refractivity contribution in [1.29, 1.82) is 0 Å². The summed E-state index contributed by atoms with van der Waals surface area (Å²) in [4.78, 5) is 0. The number of alkyl halides is 12. The zero-order chi connectivity index (χ0) is 27.9. The average Bonchev–Trinajstić information content (AvgIpc) is 2.68. The zero-order valence-electron chi connectivity index (χ0n) is 17.0. The van der Waals surface area contributed by atoms with Crippen LogP contribution >= 0.6 is 0 Å². The second kappa shape index (κ2) is 7.68. The number of halogens is 12. The van der Waals surface area contributed by atoms with Crippen LogP contribution in [-0.2, 0) is 11.2 Å². The van der Waals surface area contributed by atoms with E-state index in [2.05, 4.69) is 0 Å². The Hall–Kier alpha value is -3.14. The van der Waals surface area contributed by atoms with Crippen LogP contribution in [0.25, 0.3) is 21.5 Å². The summed E-state index contributed by atoms with van der Waals surface area (Å²) in [5, 5.41) is 17.5. The van der Waals surface area contributed by atoms with Crippen molar-refractivity contribution in [1.82, 2.24) is 0 Å². The highest BCUT2D eigenvalue weighted by Gasteiger charge is 2.73. The van der Waals surface area contributed by atoms with Gasteiger partial charge in [0.2, 0.25) is 0 Å². The first-order chi connectivity index (χ1) is 16.0. The molecular formula is C20H12F12N2O2. The molecule has 0 saturated heterocycles. The molecular weight excluding hydrogens is 528 g/mol. The molecule has 0 spiro atoms. The summed E-state index contributed by atoms with van der Waals surface area (Å²) >= 11 is 0. The second-order valence-electron chi connectivity index (χ2n) is 7.80. The molecule has 3 aromatic carbocycles. The lowest BCUT2D eigenvalue weighted by Crippen LogP contribution is -2.54. The van der Waals surface area contributed by atoms with E-state index in [4.69, 9.17) is 11.5 Å². The van der Waals surface area contributed by atoms with Gasteiger partial charge in [0.05, 0.1) is 0 Å². The molecule has 0 fully saturated rings. The molecule has 0 aliphatic carbocycles. The van der Waals surface area contributed by atoms with Crippen LogP contribution in [0.15, 0.2) is 36.4 Å². The number of benzene rings is 3. The number of fused-ring (bicyclic) bond motifs is 3. The van der Waals surface area contributed by atoms with Crippen molar-refractivity contribution >= 4 is 32.9 Å². The lowest BCUT2D eigenvalue weighted by Gasteiger charge is -2.34. The number of rotatable bonds is 2. The summed E-state index contributed by atoms with van der Waals surface area (Å²) in [6, 6.07) is 3.13. The van der Waals surface area contributed by atoms with Crippen LogP contribution in [0, 0.1) is 0 Å². The van der Waals surface area contributed by atoms with Crippen LogP contribution in [0.2, 0.25) is 0 Å². The van der Waals surface area contributed by atoms with Gasteiger partial charge in [0, 0.05) is 22.5 Å². The highest BCUT2D eigenvalue weighted by atomic mass is 19.4. The summed E-state index contributed by atoms with van der Waals surface area (Å²) in [6.07, 6.45) is -25.3. The number of nitrogen functional groups attached to an aromatic ring is 2. The van der Waals surface area contributed by atoms with E-state index in [1.807, 2.05) is 0 Å². The molecule has 0 amide bonds. The molecule has 4 nitrogen and oxygen atoms in total. The topological polar surface area (TPSA) is 92.5 Å². The summed E-state index contributed by atoms with van der Waals surface area (Å²) in [5.74, 6) is 0. The van der Waals surface area contributed by atoms with Gasteiger partial charge in [0.15, 0.2) is 0 Å². The van der Waals surface area contributed by atoms with Gasteiger partial charge in [-0.1, -0.05) is 12.1 Å². The molecule has 0 aliphatic heterocycles. The fourth-order valence-electron chi connectivity index (χ4n) is 3.75. The van der Waals surface area contributed by atoms with Gasteiger partial charge in [0.1, 0.15) is 0 Å². The van der Waals surface area contributed by atoms with Crippen molar-refractivity contribution in [2.45, 2.75) is 35.9 Å². The molecule has 3 rings (SSSR count). The maximum atomic E-state index is 13.4. The highest BCUT2D eigenvalue weighted by molar-refractivity contribution is 6.10. The van der Waals surface area contributed by atoms with E-state index in [1.54, 1.807) is 0 Å². The molecule has 0 aromatic heterocycles. The largest absolute Gasteiger partial charge is 0.430 e. The van der Waals surface area contributed by atoms with E-state index < -0.39 is 74.6 Å². The SMILES string of the molecule is Nc1cc2c(ccc3cc(N)c(C(O)(C(F)(F)F)C(F)(F)F)cc32)cc1C(O)(C(F)(F)F)C(F)(F)F. The van der Waals surface area contributed by atoms with Crippen LogP contribution in [0.4, 0.5) is 64.1 Å². The fraction of sp³-hybridized carbons (Fsp3) is 0.300. The van der Waals surface area contributed by atoms with Gasteiger partial charge in [-0.3, -0.25) is 0 Å². The Morgan fingerprint density at radius 3 is 1.17 bits per heavy atom. The van der Waals surface area contributed by atoms with E-state index in [9.17, 15) is 62.9 Å². The fourth-order valence-corrected chi connectivity index (χ4v) is 3.75. The Morgan fingerprint density at radius 1 is 0.472 bits per heavy atom. The quantitative estimate of drug-likeness (QED) is 0.188. The third kappa shape index (κ3) is 3.73. The number of anilines is 2. The first-order valence-electron chi connectivity index (χ1n) is 9.26. The van der Waals surface area contributed by atoms with E-state index >= 15 is 0 Å². The summed E-state index contributed by atoms with van der Waals surface area (Å²) in [7, 11) is 0. The second-order valence-corrected chi connectivity index (χ2v) is 7.80. The Balaban J connectivity index is 2.44. The maximum absolute atomic E-state index is 13.4. The molecule has 198 valence electrons. The summed E-state index contributed by atoms with van der Waals surface area (Å²) in [6.45, 7) is 0. The lowest BCUT2D eigenvalue weighted by molar-refractivity contribution is -0.376. The monoisotopic (exact) mass is 540 g/mol. The van der Waals surface area contributed by atoms with E-state index in [0.29, 0.717) is 12.1 Å². The Labute approximate surface area is 191 Å². The molecule has 0 atom stereocenters. The predicted molar refractivity (Wildman–Crippen MR) is 102 cm³/mol. The molecule has 6 N–H and O–H groups in total. The van der Waals surface area contributed by atoms with Crippen LogP contribution in [0.5, 0.6) is 0 Å². The molecule has 3 aromatic rings. The smallest absolute Gasteiger partial charge is 0.398 e. The van der Waals surface area contributed by atoms with Gasteiger partial charge in [-0.25, -0.2) is 0 Å². The van der Waals surface area contributed by atoms with Gasteiger partial charge < -0.3 is 21.7 Å². The number of hydrogen-bond donors (Lipinski definition) is 4. The standard InChI is InChI=1S/C20H12F12N2O2/c21-17(22,23)15(35,18(24,25)26)11-3-7-1-2-8-4-13(33)12(5-9(8)10(7)6-14(11)34)16(36,19(27,28)29)20(30,31)32/h1-6,35-36H,33-34H2.